The smallest absolute Gasteiger partial charge is 0.271 e. The Bertz CT molecular complexity index is 852. The second kappa shape index (κ2) is 6.59. The van der Waals surface area contributed by atoms with E-state index in [9.17, 15) is 9.90 Å². The zero-order valence-electron chi connectivity index (χ0n) is 12.5. The molecule has 0 aromatic heterocycles. The summed E-state index contributed by atoms with van der Waals surface area (Å²) in [7, 11) is 0. The summed E-state index contributed by atoms with van der Waals surface area (Å²) >= 11 is 11.8. The van der Waals surface area contributed by atoms with Crippen molar-refractivity contribution in [1.29, 1.82) is 0 Å². The lowest BCUT2D eigenvalue weighted by atomic mass is 10.1. The van der Waals surface area contributed by atoms with Gasteiger partial charge in [0.2, 0.25) is 6.79 Å². The second-order valence-corrected chi connectivity index (χ2v) is 5.83. The number of rotatable bonds is 3. The Morgan fingerprint density at radius 1 is 1.21 bits per heavy atom. The normalized spacial score (nSPS) is 13.0. The number of carbonyl (C=O) groups is 1. The van der Waals surface area contributed by atoms with E-state index < -0.39 is 5.91 Å². The van der Waals surface area contributed by atoms with Crippen LogP contribution in [0.5, 0.6) is 17.2 Å². The third-order valence-corrected chi connectivity index (χ3v) is 3.88. The summed E-state index contributed by atoms with van der Waals surface area (Å²) in [6.45, 7) is 1.74. The minimum absolute atomic E-state index is 0.106. The highest BCUT2D eigenvalue weighted by Crippen LogP contribution is 2.33. The van der Waals surface area contributed by atoms with Crippen molar-refractivity contribution in [3.8, 4) is 17.2 Å². The topological polar surface area (TPSA) is 80.2 Å². The van der Waals surface area contributed by atoms with Crippen LogP contribution in [0.1, 0.15) is 22.8 Å². The summed E-state index contributed by atoms with van der Waals surface area (Å²) in [6, 6.07) is 7.74. The quantitative estimate of drug-likeness (QED) is 0.642. The molecular formula is C16H12Cl2N2O4. The summed E-state index contributed by atoms with van der Waals surface area (Å²) < 4.78 is 10.4. The molecule has 1 aliphatic heterocycles. The maximum Gasteiger partial charge on any atom is 0.271 e. The minimum atomic E-state index is -0.430. The Hall–Kier alpha value is -2.44. The molecule has 2 aromatic rings. The number of nitrogens with zero attached hydrogens (tertiary/aromatic N) is 1. The molecule has 1 amide bonds. The zero-order chi connectivity index (χ0) is 17.3. The van der Waals surface area contributed by atoms with Crippen molar-refractivity contribution in [2.45, 2.75) is 6.92 Å². The largest absolute Gasteiger partial charge is 0.506 e. The average Bonchev–Trinajstić information content (AvgIpc) is 3.03. The molecule has 6 nitrogen and oxygen atoms in total. The highest BCUT2D eigenvalue weighted by molar-refractivity contribution is 6.36. The van der Waals surface area contributed by atoms with Gasteiger partial charge in [-0.05, 0) is 37.3 Å². The lowest BCUT2D eigenvalue weighted by molar-refractivity contribution is 0.0954. The fraction of sp³-hybridized carbons (Fsp3) is 0.125. The van der Waals surface area contributed by atoms with Gasteiger partial charge in [0.05, 0.1) is 10.7 Å². The zero-order valence-corrected chi connectivity index (χ0v) is 14.0. The van der Waals surface area contributed by atoms with Gasteiger partial charge in [0.1, 0.15) is 5.75 Å². The molecule has 0 radical (unpaired) electrons. The summed E-state index contributed by atoms with van der Waals surface area (Å²) in [6.07, 6.45) is 0. The highest BCUT2D eigenvalue weighted by atomic mass is 35.5. The molecule has 3 rings (SSSR count). The van der Waals surface area contributed by atoms with E-state index in [1.54, 1.807) is 25.1 Å². The van der Waals surface area contributed by atoms with Crippen molar-refractivity contribution in [2.24, 2.45) is 5.10 Å². The number of hydrazone groups is 1. The first kappa shape index (κ1) is 16.4. The fourth-order valence-electron chi connectivity index (χ4n) is 2.14. The van der Waals surface area contributed by atoms with Gasteiger partial charge in [0.15, 0.2) is 11.5 Å². The lowest BCUT2D eigenvalue weighted by Crippen LogP contribution is -2.19. The van der Waals surface area contributed by atoms with Crippen LogP contribution < -0.4 is 14.9 Å². The number of hydrogen-bond acceptors (Lipinski definition) is 5. The van der Waals surface area contributed by atoms with E-state index in [-0.39, 0.29) is 17.6 Å². The molecule has 1 aliphatic rings. The molecule has 0 spiro atoms. The minimum Gasteiger partial charge on any atom is -0.506 e. The van der Waals surface area contributed by atoms with E-state index in [4.69, 9.17) is 32.7 Å². The Kier molecular flexibility index (Phi) is 4.51. The predicted molar refractivity (Wildman–Crippen MR) is 90.4 cm³/mol. The first-order valence-corrected chi connectivity index (χ1v) is 7.64. The number of amides is 1. The van der Waals surface area contributed by atoms with Gasteiger partial charge >= 0.3 is 0 Å². The molecule has 0 saturated heterocycles. The van der Waals surface area contributed by atoms with Gasteiger partial charge in [-0.1, -0.05) is 23.2 Å². The Morgan fingerprint density at radius 3 is 2.75 bits per heavy atom. The molecule has 0 aliphatic carbocycles. The van der Waals surface area contributed by atoms with E-state index in [1.807, 2.05) is 0 Å². The van der Waals surface area contributed by atoms with Gasteiger partial charge in [-0.2, -0.15) is 5.10 Å². The van der Waals surface area contributed by atoms with E-state index >= 15 is 0 Å². The van der Waals surface area contributed by atoms with Crippen LogP contribution in [0, 0.1) is 0 Å². The Labute approximate surface area is 147 Å². The molecule has 2 N–H and O–H groups in total. The number of benzene rings is 2. The lowest BCUT2D eigenvalue weighted by Gasteiger charge is -2.07. The van der Waals surface area contributed by atoms with Crippen LogP contribution in [0.3, 0.4) is 0 Å². The molecule has 8 heteroatoms. The van der Waals surface area contributed by atoms with Crippen LogP contribution in [-0.2, 0) is 0 Å². The van der Waals surface area contributed by atoms with E-state index in [0.717, 1.165) is 0 Å². The number of ether oxygens (including phenoxy) is 2. The maximum absolute atomic E-state index is 12.2. The highest BCUT2D eigenvalue weighted by Gasteiger charge is 2.16. The number of phenols is 1. The number of fused-ring (bicyclic) bond motifs is 1. The molecule has 2 aromatic carbocycles. The molecule has 124 valence electrons. The van der Waals surface area contributed by atoms with Crippen LogP contribution in [0.15, 0.2) is 35.4 Å². The Morgan fingerprint density at radius 2 is 1.96 bits per heavy atom. The average molecular weight is 367 g/mol. The molecule has 1 heterocycles. The predicted octanol–water partition coefficient (Wildman–Crippen LogP) is 3.58. The fourth-order valence-corrected chi connectivity index (χ4v) is 2.63. The number of aromatic hydroxyl groups is 1. The summed E-state index contributed by atoms with van der Waals surface area (Å²) in [4.78, 5) is 12.2. The van der Waals surface area contributed by atoms with Crippen LogP contribution in [0.2, 0.25) is 10.0 Å². The molecular weight excluding hydrogens is 355 g/mol. The van der Waals surface area contributed by atoms with Crippen molar-refractivity contribution in [3.05, 3.63) is 51.5 Å². The number of halogens is 2. The SMILES string of the molecule is C/C(=N\NC(=O)c1ccc2c(c1)OCO2)c1cc(Cl)cc(Cl)c1O. The molecule has 0 atom stereocenters. The van der Waals surface area contributed by atoms with Gasteiger partial charge in [-0.15, -0.1) is 0 Å². The second-order valence-electron chi connectivity index (χ2n) is 4.99. The van der Waals surface area contributed by atoms with Gasteiger partial charge in [0, 0.05) is 16.1 Å². The van der Waals surface area contributed by atoms with Crippen molar-refractivity contribution < 1.29 is 19.4 Å². The van der Waals surface area contributed by atoms with E-state index in [2.05, 4.69) is 10.5 Å². The molecule has 0 unspecified atom stereocenters. The van der Waals surface area contributed by atoms with Crippen LogP contribution >= 0.6 is 23.2 Å². The summed E-state index contributed by atoms with van der Waals surface area (Å²) in [5.41, 5.74) is 3.46. The number of hydrogen-bond donors (Lipinski definition) is 2. The van der Waals surface area contributed by atoms with Crippen molar-refractivity contribution in [2.75, 3.05) is 6.79 Å². The van der Waals surface area contributed by atoms with Gasteiger partial charge in [0.25, 0.3) is 5.91 Å². The summed E-state index contributed by atoms with van der Waals surface area (Å²) in [5, 5.41) is 14.4. The first-order chi connectivity index (χ1) is 11.5. The van der Waals surface area contributed by atoms with Crippen LogP contribution in [-0.4, -0.2) is 23.5 Å². The molecule has 0 fully saturated rings. The molecule has 0 bridgehead atoms. The number of nitrogens with one attached hydrogen (secondary N) is 1. The third kappa shape index (κ3) is 3.25. The molecule has 0 saturated carbocycles. The Balaban J connectivity index is 1.79. The van der Waals surface area contributed by atoms with Crippen molar-refractivity contribution in [1.82, 2.24) is 5.43 Å². The van der Waals surface area contributed by atoms with Crippen LogP contribution in [0.25, 0.3) is 0 Å². The summed E-state index contributed by atoms with van der Waals surface area (Å²) in [5.74, 6) is 0.507. The number of phenolic OH excluding ortho intramolecular Hbond substituents is 1. The van der Waals surface area contributed by atoms with E-state index in [0.29, 0.717) is 33.4 Å². The molecule has 24 heavy (non-hydrogen) atoms. The standard InChI is InChI=1S/C16H12Cl2N2O4/c1-8(11-5-10(17)6-12(18)15(11)21)19-20-16(22)9-2-3-13-14(4-9)24-7-23-13/h2-6,21H,7H2,1H3,(H,20,22)/b19-8+. The van der Waals surface area contributed by atoms with Crippen molar-refractivity contribution in [3.63, 3.8) is 0 Å². The number of carbonyl (C=O) groups excluding carboxylic acids is 1. The van der Waals surface area contributed by atoms with E-state index in [1.165, 1.54) is 12.1 Å². The maximum atomic E-state index is 12.2. The van der Waals surface area contributed by atoms with Crippen molar-refractivity contribution >= 4 is 34.8 Å². The van der Waals surface area contributed by atoms with Gasteiger partial charge in [-0.3, -0.25) is 4.79 Å². The monoisotopic (exact) mass is 366 g/mol. The third-order valence-electron chi connectivity index (χ3n) is 3.38. The first-order valence-electron chi connectivity index (χ1n) is 6.88. The van der Waals surface area contributed by atoms with Crippen LogP contribution in [0.4, 0.5) is 0 Å². The van der Waals surface area contributed by atoms with Gasteiger partial charge < -0.3 is 14.6 Å². The van der Waals surface area contributed by atoms with Gasteiger partial charge in [-0.25, -0.2) is 5.43 Å².